The standard InChI is InChI=1S/C18H17N3O2S/c1-21(2)14-9-7-13(8-10-14)19-18(24)20-17(22)16-11-12-5-3-4-6-15(12)23-16/h3-11H,1-2H3,(H2,19,20,22,24). The topological polar surface area (TPSA) is 57.5 Å². The number of thiocarbonyl (C=S) groups is 1. The van der Waals surface area contributed by atoms with Gasteiger partial charge in [-0.3, -0.25) is 10.1 Å². The normalized spacial score (nSPS) is 10.4. The minimum Gasteiger partial charge on any atom is -0.451 e. The van der Waals surface area contributed by atoms with E-state index in [1.54, 1.807) is 6.07 Å². The Hall–Kier alpha value is -2.86. The van der Waals surface area contributed by atoms with E-state index in [0.717, 1.165) is 16.8 Å². The maximum atomic E-state index is 12.2. The lowest BCUT2D eigenvalue weighted by Gasteiger charge is -2.13. The summed E-state index contributed by atoms with van der Waals surface area (Å²) in [5.41, 5.74) is 2.55. The van der Waals surface area contributed by atoms with E-state index in [0.29, 0.717) is 5.58 Å². The van der Waals surface area contributed by atoms with Gasteiger partial charge in [-0.15, -0.1) is 0 Å². The van der Waals surface area contributed by atoms with Crippen molar-refractivity contribution in [2.45, 2.75) is 0 Å². The Balaban J connectivity index is 1.64. The molecule has 24 heavy (non-hydrogen) atoms. The molecule has 0 radical (unpaired) electrons. The van der Waals surface area contributed by atoms with E-state index in [1.807, 2.05) is 67.5 Å². The van der Waals surface area contributed by atoms with Gasteiger partial charge in [-0.05, 0) is 48.6 Å². The van der Waals surface area contributed by atoms with E-state index in [2.05, 4.69) is 10.6 Å². The lowest BCUT2D eigenvalue weighted by molar-refractivity contribution is 0.0953. The zero-order valence-electron chi connectivity index (χ0n) is 13.4. The van der Waals surface area contributed by atoms with Crippen molar-refractivity contribution in [1.29, 1.82) is 0 Å². The molecule has 122 valence electrons. The summed E-state index contributed by atoms with van der Waals surface area (Å²) < 4.78 is 5.52. The molecule has 0 fully saturated rings. The van der Waals surface area contributed by atoms with Crippen LogP contribution < -0.4 is 15.5 Å². The highest BCUT2D eigenvalue weighted by Crippen LogP contribution is 2.19. The molecule has 1 aromatic heterocycles. The van der Waals surface area contributed by atoms with Gasteiger partial charge in [-0.1, -0.05) is 18.2 Å². The van der Waals surface area contributed by atoms with Gasteiger partial charge in [0.05, 0.1) is 0 Å². The number of carbonyl (C=O) groups is 1. The fraction of sp³-hybridized carbons (Fsp3) is 0.111. The Morgan fingerprint density at radius 1 is 1.08 bits per heavy atom. The SMILES string of the molecule is CN(C)c1ccc(NC(=S)NC(=O)c2cc3ccccc3o2)cc1. The third kappa shape index (κ3) is 3.55. The van der Waals surface area contributed by atoms with Crippen LogP contribution in [0, 0.1) is 0 Å². The number of nitrogens with zero attached hydrogens (tertiary/aromatic N) is 1. The van der Waals surface area contributed by atoms with Gasteiger partial charge in [0, 0.05) is 30.9 Å². The molecule has 0 atom stereocenters. The monoisotopic (exact) mass is 339 g/mol. The van der Waals surface area contributed by atoms with Crippen LogP contribution in [-0.2, 0) is 0 Å². The number of hydrogen-bond donors (Lipinski definition) is 2. The van der Waals surface area contributed by atoms with Gasteiger partial charge < -0.3 is 14.6 Å². The summed E-state index contributed by atoms with van der Waals surface area (Å²) in [5, 5.41) is 6.70. The molecule has 0 aliphatic heterocycles. The van der Waals surface area contributed by atoms with E-state index >= 15 is 0 Å². The molecule has 2 N–H and O–H groups in total. The van der Waals surface area contributed by atoms with Gasteiger partial charge in [0.15, 0.2) is 10.9 Å². The molecule has 1 amide bonds. The number of furan rings is 1. The van der Waals surface area contributed by atoms with Crippen molar-refractivity contribution in [1.82, 2.24) is 5.32 Å². The zero-order chi connectivity index (χ0) is 17.1. The van der Waals surface area contributed by atoms with E-state index < -0.39 is 0 Å². The highest BCUT2D eigenvalue weighted by molar-refractivity contribution is 7.80. The van der Waals surface area contributed by atoms with Crippen molar-refractivity contribution in [3.8, 4) is 0 Å². The number of hydrogen-bond acceptors (Lipinski definition) is 4. The van der Waals surface area contributed by atoms with Crippen LogP contribution >= 0.6 is 12.2 Å². The summed E-state index contributed by atoms with van der Waals surface area (Å²) in [4.78, 5) is 14.2. The third-order valence-corrected chi connectivity index (χ3v) is 3.72. The highest BCUT2D eigenvalue weighted by Gasteiger charge is 2.13. The molecule has 3 aromatic rings. The summed E-state index contributed by atoms with van der Waals surface area (Å²) in [6.07, 6.45) is 0. The van der Waals surface area contributed by atoms with Crippen LogP contribution in [0.5, 0.6) is 0 Å². The largest absolute Gasteiger partial charge is 0.451 e. The molecule has 0 saturated heterocycles. The molecule has 2 aromatic carbocycles. The Kier molecular flexibility index (Phi) is 4.48. The summed E-state index contributed by atoms with van der Waals surface area (Å²) in [5.74, 6) is -0.156. The molecule has 5 nitrogen and oxygen atoms in total. The van der Waals surface area contributed by atoms with Gasteiger partial charge in [0.25, 0.3) is 5.91 Å². The number of anilines is 2. The van der Waals surface area contributed by atoms with Crippen LogP contribution in [0.3, 0.4) is 0 Å². The van der Waals surface area contributed by atoms with E-state index in [9.17, 15) is 4.79 Å². The zero-order valence-corrected chi connectivity index (χ0v) is 14.2. The molecule has 1 heterocycles. The first kappa shape index (κ1) is 16.0. The Morgan fingerprint density at radius 2 is 1.79 bits per heavy atom. The number of para-hydroxylation sites is 1. The summed E-state index contributed by atoms with van der Waals surface area (Å²) in [7, 11) is 3.95. The van der Waals surface area contributed by atoms with Crippen LogP contribution in [-0.4, -0.2) is 25.1 Å². The molecule has 6 heteroatoms. The van der Waals surface area contributed by atoms with Crippen molar-refractivity contribution < 1.29 is 9.21 Å². The molecule has 3 rings (SSSR count). The van der Waals surface area contributed by atoms with Gasteiger partial charge in [0.1, 0.15) is 5.58 Å². The molecule has 0 spiro atoms. The number of fused-ring (bicyclic) bond motifs is 1. The van der Waals surface area contributed by atoms with Crippen LogP contribution in [0.1, 0.15) is 10.6 Å². The van der Waals surface area contributed by atoms with Crippen molar-refractivity contribution in [3.63, 3.8) is 0 Å². The number of benzene rings is 2. The van der Waals surface area contributed by atoms with Gasteiger partial charge in [-0.2, -0.15) is 0 Å². The number of amides is 1. The summed E-state index contributed by atoms with van der Waals surface area (Å²) >= 11 is 5.18. The van der Waals surface area contributed by atoms with Crippen LogP contribution in [0.4, 0.5) is 11.4 Å². The van der Waals surface area contributed by atoms with Gasteiger partial charge in [0.2, 0.25) is 0 Å². The van der Waals surface area contributed by atoms with Crippen molar-refractivity contribution in [2.75, 3.05) is 24.3 Å². The Labute approximate surface area is 145 Å². The molecular weight excluding hydrogens is 322 g/mol. The first-order valence-electron chi connectivity index (χ1n) is 7.41. The van der Waals surface area contributed by atoms with Crippen LogP contribution in [0.25, 0.3) is 11.0 Å². The second-order valence-electron chi connectivity index (χ2n) is 5.50. The minimum atomic E-state index is -0.381. The summed E-state index contributed by atoms with van der Waals surface area (Å²) in [6, 6.07) is 16.9. The van der Waals surface area contributed by atoms with Crippen LogP contribution in [0.2, 0.25) is 0 Å². The molecular formula is C18H17N3O2S. The first-order valence-corrected chi connectivity index (χ1v) is 7.82. The lowest BCUT2D eigenvalue weighted by Crippen LogP contribution is -2.33. The van der Waals surface area contributed by atoms with E-state index in [-0.39, 0.29) is 16.8 Å². The minimum absolute atomic E-state index is 0.220. The summed E-state index contributed by atoms with van der Waals surface area (Å²) in [6.45, 7) is 0. The predicted molar refractivity (Wildman–Crippen MR) is 101 cm³/mol. The molecule has 0 unspecified atom stereocenters. The maximum absolute atomic E-state index is 12.2. The quantitative estimate of drug-likeness (QED) is 0.714. The average Bonchev–Trinajstić information content (AvgIpc) is 2.99. The van der Waals surface area contributed by atoms with Crippen molar-refractivity contribution in [2.24, 2.45) is 0 Å². The molecule has 0 aliphatic carbocycles. The Bertz CT molecular complexity index is 852. The van der Waals surface area contributed by atoms with Crippen molar-refractivity contribution in [3.05, 3.63) is 60.4 Å². The fourth-order valence-corrected chi connectivity index (χ4v) is 2.47. The third-order valence-electron chi connectivity index (χ3n) is 3.52. The number of nitrogens with one attached hydrogen (secondary N) is 2. The van der Waals surface area contributed by atoms with Gasteiger partial charge >= 0.3 is 0 Å². The van der Waals surface area contributed by atoms with Gasteiger partial charge in [-0.25, -0.2) is 0 Å². The van der Waals surface area contributed by atoms with E-state index in [4.69, 9.17) is 16.6 Å². The second kappa shape index (κ2) is 6.72. The van der Waals surface area contributed by atoms with Crippen LogP contribution in [0.15, 0.2) is 59.0 Å². The predicted octanol–water partition coefficient (Wildman–Crippen LogP) is 3.63. The lowest BCUT2D eigenvalue weighted by atomic mass is 10.2. The smallest absolute Gasteiger partial charge is 0.293 e. The van der Waals surface area contributed by atoms with Crippen molar-refractivity contribution >= 4 is 45.6 Å². The van der Waals surface area contributed by atoms with E-state index in [1.165, 1.54) is 0 Å². The second-order valence-corrected chi connectivity index (χ2v) is 5.91. The fourth-order valence-electron chi connectivity index (χ4n) is 2.26. The first-order chi connectivity index (χ1) is 11.5. The maximum Gasteiger partial charge on any atom is 0.293 e. The number of rotatable bonds is 3. The molecule has 0 bridgehead atoms. The molecule has 0 aliphatic rings. The average molecular weight is 339 g/mol. The molecule has 0 saturated carbocycles. The Morgan fingerprint density at radius 3 is 2.46 bits per heavy atom. The number of carbonyl (C=O) groups excluding carboxylic acids is 1. The highest BCUT2D eigenvalue weighted by atomic mass is 32.1.